The highest BCUT2D eigenvalue weighted by Crippen LogP contribution is 2.29. The van der Waals surface area contributed by atoms with Crippen molar-refractivity contribution in [3.63, 3.8) is 0 Å². The topological polar surface area (TPSA) is 29.5 Å². The predicted octanol–water partition coefficient (Wildman–Crippen LogP) is 4.64. The van der Waals surface area contributed by atoms with Gasteiger partial charge in [0, 0.05) is 13.2 Å². The van der Waals surface area contributed by atoms with E-state index in [1.165, 1.54) is 43.3 Å². The molecule has 1 aliphatic rings. The molecule has 0 aromatic rings. The zero-order valence-electron chi connectivity index (χ0n) is 13.5. The Hall–Kier alpha value is -0.600. The van der Waals surface area contributed by atoms with E-state index in [1.807, 2.05) is 0 Å². The van der Waals surface area contributed by atoms with Crippen LogP contribution >= 0.6 is 0 Å². The number of aliphatic hydroxyl groups excluding tert-OH is 1. The Bertz CT molecular complexity index is 317. The minimum atomic E-state index is 0.256. The Labute approximate surface area is 124 Å². The van der Waals surface area contributed by atoms with E-state index in [9.17, 15) is 0 Å². The molecule has 116 valence electrons. The highest BCUT2D eigenvalue weighted by Gasteiger charge is 2.26. The van der Waals surface area contributed by atoms with Gasteiger partial charge in [-0.25, -0.2) is 0 Å². The molecule has 1 fully saturated rings. The number of aliphatic hydroxyl groups is 1. The first-order valence-corrected chi connectivity index (χ1v) is 8.22. The minimum Gasteiger partial charge on any atom is -0.396 e. The Kier molecular flexibility index (Phi) is 8.88. The van der Waals surface area contributed by atoms with Crippen molar-refractivity contribution >= 4 is 0 Å². The molecule has 2 atom stereocenters. The summed E-state index contributed by atoms with van der Waals surface area (Å²) in [4.78, 5) is 0. The molecule has 1 heterocycles. The van der Waals surface area contributed by atoms with Gasteiger partial charge in [-0.3, -0.25) is 0 Å². The van der Waals surface area contributed by atoms with Crippen LogP contribution in [-0.2, 0) is 4.74 Å². The van der Waals surface area contributed by atoms with Gasteiger partial charge in [0.25, 0.3) is 0 Å². The molecule has 2 nitrogen and oxygen atoms in total. The van der Waals surface area contributed by atoms with Crippen molar-refractivity contribution in [2.75, 3.05) is 13.2 Å². The van der Waals surface area contributed by atoms with E-state index in [4.69, 9.17) is 9.84 Å². The molecular weight excluding hydrogens is 248 g/mol. The second kappa shape index (κ2) is 10.2. The zero-order chi connectivity index (χ0) is 14.8. The van der Waals surface area contributed by atoms with Crippen LogP contribution in [0.2, 0.25) is 0 Å². The number of unbranched alkanes of at least 4 members (excludes halogenated alkanes) is 1. The molecule has 1 saturated heterocycles. The van der Waals surface area contributed by atoms with Crippen LogP contribution in [0.5, 0.6) is 0 Å². The number of hydrogen-bond donors (Lipinski definition) is 1. The zero-order valence-corrected chi connectivity index (χ0v) is 13.5. The minimum absolute atomic E-state index is 0.256. The lowest BCUT2D eigenvalue weighted by atomic mass is 9.92. The summed E-state index contributed by atoms with van der Waals surface area (Å²) in [5.74, 6) is 0.670. The smallest absolute Gasteiger partial charge is 0.0787 e. The average Bonchev–Trinajstić information content (AvgIpc) is 2.87. The molecule has 0 aromatic carbocycles. The van der Waals surface area contributed by atoms with Crippen LogP contribution in [0.4, 0.5) is 0 Å². The van der Waals surface area contributed by atoms with Gasteiger partial charge in [-0.05, 0) is 58.3 Å². The van der Waals surface area contributed by atoms with Crippen molar-refractivity contribution in [1.29, 1.82) is 0 Å². The quantitative estimate of drug-likeness (QED) is 0.624. The average molecular weight is 280 g/mol. The molecule has 0 aromatic heterocycles. The third kappa shape index (κ3) is 6.71. The number of allylic oxidation sites excluding steroid dienone is 2. The van der Waals surface area contributed by atoms with Gasteiger partial charge in [0.2, 0.25) is 0 Å². The SMILES string of the molecule is CCCC/C(C)=C/C1OCC[C@@H]1CC/C(C)=C/CCO. The molecule has 0 spiro atoms. The Balaban J connectivity index is 2.41. The van der Waals surface area contributed by atoms with Crippen LogP contribution in [-0.4, -0.2) is 24.4 Å². The highest BCUT2D eigenvalue weighted by molar-refractivity contribution is 5.06. The van der Waals surface area contributed by atoms with Gasteiger partial charge in [-0.1, -0.05) is 36.6 Å². The van der Waals surface area contributed by atoms with E-state index in [-0.39, 0.29) is 6.61 Å². The maximum atomic E-state index is 8.83. The van der Waals surface area contributed by atoms with Crippen LogP contribution in [0.3, 0.4) is 0 Å². The van der Waals surface area contributed by atoms with Crippen LogP contribution in [0, 0.1) is 5.92 Å². The second-order valence-electron chi connectivity index (χ2n) is 6.10. The standard InChI is InChI=1S/C18H32O2/c1-4-5-7-16(3)14-18-17(11-13-20-18)10-9-15(2)8-6-12-19/h8,14,17-19H,4-7,9-13H2,1-3H3/b15-8+,16-14+/t17-,18?/m0/s1. The van der Waals surface area contributed by atoms with Crippen molar-refractivity contribution in [1.82, 2.24) is 0 Å². The van der Waals surface area contributed by atoms with Gasteiger partial charge in [-0.2, -0.15) is 0 Å². The number of rotatable bonds is 9. The number of ether oxygens (including phenoxy) is 1. The third-order valence-electron chi connectivity index (χ3n) is 4.17. The van der Waals surface area contributed by atoms with Crippen LogP contribution in [0.15, 0.2) is 23.3 Å². The maximum Gasteiger partial charge on any atom is 0.0787 e. The fraction of sp³-hybridized carbons (Fsp3) is 0.778. The lowest BCUT2D eigenvalue weighted by Crippen LogP contribution is -2.13. The van der Waals surface area contributed by atoms with Crippen molar-refractivity contribution < 1.29 is 9.84 Å². The van der Waals surface area contributed by atoms with Crippen LogP contribution in [0.1, 0.15) is 65.7 Å². The van der Waals surface area contributed by atoms with Crippen LogP contribution in [0.25, 0.3) is 0 Å². The highest BCUT2D eigenvalue weighted by atomic mass is 16.5. The van der Waals surface area contributed by atoms with E-state index in [1.54, 1.807) is 0 Å². The monoisotopic (exact) mass is 280 g/mol. The van der Waals surface area contributed by atoms with E-state index in [0.717, 1.165) is 19.4 Å². The first kappa shape index (κ1) is 17.5. The normalized spacial score (nSPS) is 24.4. The summed E-state index contributed by atoms with van der Waals surface area (Å²) in [7, 11) is 0. The first-order chi connectivity index (χ1) is 9.67. The molecule has 20 heavy (non-hydrogen) atoms. The van der Waals surface area contributed by atoms with Crippen molar-refractivity contribution in [3.05, 3.63) is 23.3 Å². The summed E-state index contributed by atoms with van der Waals surface area (Å²) >= 11 is 0. The molecule has 1 aliphatic heterocycles. The molecular formula is C18H32O2. The summed E-state index contributed by atoms with van der Waals surface area (Å²) < 4.78 is 5.89. The molecule has 1 rings (SSSR count). The third-order valence-corrected chi connectivity index (χ3v) is 4.17. The van der Waals surface area contributed by atoms with Gasteiger partial charge < -0.3 is 9.84 Å². The van der Waals surface area contributed by atoms with Crippen LogP contribution < -0.4 is 0 Å². The van der Waals surface area contributed by atoms with Gasteiger partial charge in [0.05, 0.1) is 6.10 Å². The van der Waals surface area contributed by atoms with Crippen molar-refractivity contribution in [2.24, 2.45) is 5.92 Å². The largest absolute Gasteiger partial charge is 0.396 e. The lowest BCUT2D eigenvalue weighted by molar-refractivity contribution is 0.125. The molecule has 2 heteroatoms. The predicted molar refractivity (Wildman–Crippen MR) is 85.8 cm³/mol. The summed E-state index contributed by atoms with van der Waals surface area (Å²) in [5.41, 5.74) is 2.88. The van der Waals surface area contributed by atoms with Gasteiger partial charge in [0.1, 0.15) is 0 Å². The van der Waals surface area contributed by atoms with E-state index >= 15 is 0 Å². The molecule has 0 aliphatic carbocycles. The molecule has 1 unspecified atom stereocenters. The van der Waals surface area contributed by atoms with Gasteiger partial charge >= 0.3 is 0 Å². The maximum absolute atomic E-state index is 8.83. The Morgan fingerprint density at radius 3 is 2.75 bits per heavy atom. The first-order valence-electron chi connectivity index (χ1n) is 8.22. The molecule has 0 amide bonds. The lowest BCUT2D eigenvalue weighted by Gasteiger charge is -2.16. The van der Waals surface area contributed by atoms with E-state index in [2.05, 4.69) is 32.9 Å². The van der Waals surface area contributed by atoms with E-state index < -0.39 is 0 Å². The summed E-state index contributed by atoms with van der Waals surface area (Å²) in [6, 6.07) is 0. The summed E-state index contributed by atoms with van der Waals surface area (Å²) in [6.45, 7) is 7.81. The molecule has 0 bridgehead atoms. The molecule has 0 saturated carbocycles. The molecule has 1 N–H and O–H groups in total. The summed E-state index contributed by atoms with van der Waals surface area (Å²) in [5, 5.41) is 8.83. The fourth-order valence-electron chi connectivity index (χ4n) is 2.79. The van der Waals surface area contributed by atoms with Gasteiger partial charge in [0.15, 0.2) is 0 Å². The summed E-state index contributed by atoms with van der Waals surface area (Å²) in [6.07, 6.45) is 12.9. The van der Waals surface area contributed by atoms with Crippen molar-refractivity contribution in [2.45, 2.75) is 71.8 Å². The Morgan fingerprint density at radius 2 is 2.05 bits per heavy atom. The second-order valence-corrected chi connectivity index (χ2v) is 6.10. The van der Waals surface area contributed by atoms with Gasteiger partial charge in [-0.15, -0.1) is 0 Å². The number of hydrogen-bond acceptors (Lipinski definition) is 2. The van der Waals surface area contributed by atoms with E-state index in [0.29, 0.717) is 12.0 Å². The Morgan fingerprint density at radius 1 is 1.25 bits per heavy atom. The van der Waals surface area contributed by atoms with Crippen molar-refractivity contribution in [3.8, 4) is 0 Å². The molecule has 0 radical (unpaired) electrons. The fourth-order valence-corrected chi connectivity index (χ4v) is 2.79.